The van der Waals surface area contributed by atoms with Crippen molar-refractivity contribution < 1.29 is 28.7 Å². The van der Waals surface area contributed by atoms with E-state index in [1.165, 1.54) is 16.7 Å². The fraction of sp³-hybridized carbons (Fsp3) is 0.467. The molecule has 0 spiro atoms. The molecule has 0 heterocycles. The number of allylic oxidation sites excluding steroid dienone is 8. The van der Waals surface area contributed by atoms with Crippen molar-refractivity contribution in [1.82, 2.24) is 0 Å². The van der Waals surface area contributed by atoms with Crippen LogP contribution >= 0.6 is 0 Å². The fourth-order valence-corrected chi connectivity index (χ4v) is 1.75. The first kappa shape index (κ1) is 15.8. The Hall–Kier alpha value is -0.170. The SMILES string of the molecule is CC1=[C-]C(C)(C)C(C)=C1C.[C-]1=CC=CC1.[H-].[H-].[Hf]. The summed E-state index contributed by atoms with van der Waals surface area (Å²) < 4.78 is 0. The molecule has 0 radical (unpaired) electrons. The van der Waals surface area contributed by atoms with Crippen LogP contribution in [-0.4, -0.2) is 0 Å². The Labute approximate surface area is 122 Å². The molecule has 0 amide bonds. The van der Waals surface area contributed by atoms with E-state index in [4.69, 9.17) is 0 Å². The van der Waals surface area contributed by atoms with Crippen molar-refractivity contribution in [3.8, 4) is 0 Å². The summed E-state index contributed by atoms with van der Waals surface area (Å²) in [7, 11) is 0. The van der Waals surface area contributed by atoms with Gasteiger partial charge in [-0.1, -0.05) is 33.1 Å². The first-order valence-corrected chi connectivity index (χ1v) is 5.47. The topological polar surface area (TPSA) is 0 Å². The van der Waals surface area contributed by atoms with Crippen LogP contribution in [0.25, 0.3) is 0 Å². The van der Waals surface area contributed by atoms with E-state index in [1.807, 2.05) is 12.2 Å². The third-order valence-corrected chi connectivity index (χ3v) is 3.15. The Morgan fingerprint density at radius 1 is 1.25 bits per heavy atom. The molecule has 2 rings (SSSR count). The van der Waals surface area contributed by atoms with Crippen LogP contribution in [0.1, 0.15) is 43.9 Å². The molecular weight excluding hydrogens is 359 g/mol. The Kier molecular flexibility index (Phi) is 6.47. The van der Waals surface area contributed by atoms with E-state index >= 15 is 0 Å². The molecule has 2 aliphatic rings. The monoisotopic (exact) mass is 382 g/mol. The van der Waals surface area contributed by atoms with Crippen LogP contribution in [0.5, 0.6) is 0 Å². The molecule has 0 fully saturated rings. The Bertz CT molecular complexity index is 351. The van der Waals surface area contributed by atoms with Gasteiger partial charge in [-0.25, -0.2) is 17.7 Å². The van der Waals surface area contributed by atoms with Crippen molar-refractivity contribution in [2.75, 3.05) is 0 Å². The van der Waals surface area contributed by atoms with Crippen LogP contribution in [0, 0.1) is 17.6 Å². The first-order chi connectivity index (χ1) is 6.95. The summed E-state index contributed by atoms with van der Waals surface area (Å²) in [4.78, 5) is 0. The van der Waals surface area contributed by atoms with Gasteiger partial charge in [0.1, 0.15) is 0 Å². The molecule has 0 saturated heterocycles. The van der Waals surface area contributed by atoms with Gasteiger partial charge in [-0.2, -0.15) is 17.2 Å². The average molecular weight is 381 g/mol. The molecule has 0 saturated carbocycles. The zero-order valence-electron chi connectivity index (χ0n) is 12.9. The summed E-state index contributed by atoms with van der Waals surface area (Å²) in [5, 5.41) is 0. The quantitative estimate of drug-likeness (QED) is 0.424. The Morgan fingerprint density at radius 2 is 1.88 bits per heavy atom. The largest absolute Gasteiger partial charge is 1.00 e. The number of rotatable bonds is 0. The van der Waals surface area contributed by atoms with Gasteiger partial charge in [0.2, 0.25) is 0 Å². The van der Waals surface area contributed by atoms with Gasteiger partial charge in [-0.15, -0.1) is 13.3 Å². The summed E-state index contributed by atoms with van der Waals surface area (Å²) in [6, 6.07) is 0. The third kappa shape index (κ3) is 4.01. The van der Waals surface area contributed by atoms with Gasteiger partial charge in [0, 0.05) is 25.8 Å². The molecule has 0 unspecified atom stereocenters. The van der Waals surface area contributed by atoms with Gasteiger partial charge in [-0.3, -0.25) is 12.2 Å². The van der Waals surface area contributed by atoms with Crippen molar-refractivity contribution in [3.63, 3.8) is 0 Å². The smallest absolute Gasteiger partial charge is 0 e. The van der Waals surface area contributed by atoms with E-state index in [2.05, 4.69) is 52.8 Å². The van der Waals surface area contributed by atoms with Gasteiger partial charge in [0.05, 0.1) is 0 Å². The van der Waals surface area contributed by atoms with E-state index in [-0.39, 0.29) is 34.1 Å². The van der Waals surface area contributed by atoms with Gasteiger partial charge in [0.15, 0.2) is 0 Å². The Morgan fingerprint density at radius 3 is 2.00 bits per heavy atom. The molecule has 1 heteroatoms. The molecule has 0 aromatic carbocycles. The van der Waals surface area contributed by atoms with Crippen LogP contribution in [0.15, 0.2) is 34.9 Å². The summed E-state index contributed by atoms with van der Waals surface area (Å²) in [5.74, 6) is 0. The second-order valence-corrected chi connectivity index (χ2v) is 4.63. The zero-order chi connectivity index (χ0) is 11.5. The number of hydrogen-bond donors (Lipinski definition) is 0. The van der Waals surface area contributed by atoms with Crippen molar-refractivity contribution in [2.45, 2.75) is 41.0 Å². The maximum atomic E-state index is 3.44. The minimum atomic E-state index is 0. The van der Waals surface area contributed by atoms with Crippen LogP contribution < -0.4 is 0 Å². The standard InChI is InChI=1S/C10H15.C5H5.Hf.2H/c1-7-6-10(4,5)9(3)8(7)2;1-2-4-5-3-1;;;/h1-5H3;1-3H,4H2;;;/q2*-1;;2*-1. The summed E-state index contributed by atoms with van der Waals surface area (Å²) in [6.07, 6.45) is 13.4. The summed E-state index contributed by atoms with van der Waals surface area (Å²) >= 11 is 0. The second kappa shape index (κ2) is 6.54. The Balaban J connectivity index is -0.000000245. The third-order valence-electron chi connectivity index (χ3n) is 3.15. The van der Waals surface area contributed by atoms with Crippen LogP contribution in [-0.2, 0) is 25.8 Å². The van der Waals surface area contributed by atoms with E-state index in [1.54, 1.807) is 0 Å². The van der Waals surface area contributed by atoms with Crippen LogP contribution in [0.3, 0.4) is 0 Å². The van der Waals surface area contributed by atoms with Crippen LogP contribution in [0.4, 0.5) is 0 Å². The van der Waals surface area contributed by atoms with Crippen molar-refractivity contribution in [3.05, 3.63) is 47.1 Å². The maximum Gasteiger partial charge on any atom is 0 e. The van der Waals surface area contributed by atoms with Gasteiger partial charge in [-0.05, 0) is 0 Å². The normalized spacial score (nSPS) is 20.2. The molecule has 0 aromatic rings. The maximum absolute atomic E-state index is 3.44. The van der Waals surface area contributed by atoms with Crippen molar-refractivity contribution in [2.24, 2.45) is 5.41 Å². The molecule has 0 nitrogen and oxygen atoms in total. The fourth-order valence-electron chi connectivity index (χ4n) is 1.75. The number of hydrogen-bond acceptors (Lipinski definition) is 0. The van der Waals surface area contributed by atoms with Crippen molar-refractivity contribution in [1.29, 1.82) is 0 Å². The van der Waals surface area contributed by atoms with E-state index < -0.39 is 0 Å². The van der Waals surface area contributed by atoms with E-state index in [0.717, 1.165) is 6.42 Å². The molecule has 0 bridgehead atoms. The average Bonchev–Trinajstić information content (AvgIpc) is 2.76. The van der Waals surface area contributed by atoms with Crippen LogP contribution in [0.2, 0.25) is 0 Å². The molecular formula is C15H22Hf-4. The molecule has 0 atom stereocenters. The van der Waals surface area contributed by atoms with E-state index in [0.29, 0.717) is 0 Å². The molecule has 0 N–H and O–H groups in total. The minimum absolute atomic E-state index is 0. The second-order valence-electron chi connectivity index (χ2n) is 4.63. The van der Waals surface area contributed by atoms with Gasteiger partial charge in [0.25, 0.3) is 0 Å². The van der Waals surface area contributed by atoms with Crippen molar-refractivity contribution >= 4 is 0 Å². The summed E-state index contributed by atoms with van der Waals surface area (Å²) in [5.41, 5.74) is 4.39. The minimum Gasteiger partial charge on any atom is -1.00 e. The van der Waals surface area contributed by atoms with Gasteiger partial charge >= 0.3 is 0 Å². The first-order valence-electron chi connectivity index (χ1n) is 5.47. The predicted octanol–water partition coefficient (Wildman–Crippen LogP) is 4.64. The zero-order valence-corrected chi connectivity index (χ0v) is 14.5. The van der Waals surface area contributed by atoms with E-state index in [9.17, 15) is 0 Å². The van der Waals surface area contributed by atoms with Gasteiger partial charge < -0.3 is 2.85 Å². The molecule has 16 heavy (non-hydrogen) atoms. The molecule has 2 aliphatic carbocycles. The predicted molar refractivity (Wildman–Crippen MR) is 68.4 cm³/mol. The molecule has 0 aromatic heterocycles. The molecule has 90 valence electrons. The molecule has 0 aliphatic heterocycles. The summed E-state index contributed by atoms with van der Waals surface area (Å²) in [6.45, 7) is 10.9.